The number of thiophene rings is 1. The van der Waals surface area contributed by atoms with E-state index in [0.29, 0.717) is 17.5 Å². The summed E-state index contributed by atoms with van der Waals surface area (Å²) in [6, 6.07) is 4.88. The molecule has 30 heavy (non-hydrogen) atoms. The van der Waals surface area contributed by atoms with Gasteiger partial charge in [-0.25, -0.2) is 9.97 Å². The Balaban J connectivity index is 1.41. The number of hydrogen-bond donors (Lipinski definition) is 1. The summed E-state index contributed by atoms with van der Waals surface area (Å²) in [4.78, 5) is 22.9. The van der Waals surface area contributed by atoms with Crippen LogP contribution >= 0.6 is 11.3 Å². The molecule has 1 unspecified atom stereocenters. The van der Waals surface area contributed by atoms with Crippen molar-refractivity contribution in [3.8, 4) is 11.6 Å². The third kappa shape index (κ3) is 4.64. The predicted octanol–water partition coefficient (Wildman–Crippen LogP) is 4.73. The Morgan fingerprint density at radius 3 is 2.77 bits per heavy atom. The molecular weight excluding hydrogens is 419 g/mol. The molecular formula is C20H18F3N3O3S. The van der Waals surface area contributed by atoms with E-state index in [1.807, 2.05) is 0 Å². The quantitative estimate of drug-likeness (QED) is 0.625. The molecule has 0 aliphatic heterocycles. The van der Waals surface area contributed by atoms with E-state index in [1.165, 1.54) is 28.9 Å². The smallest absolute Gasteiger partial charge is 0.467 e. The number of fused-ring (bicyclic) bond motifs is 3. The largest absolute Gasteiger partial charge is 0.573 e. The van der Waals surface area contributed by atoms with E-state index < -0.39 is 12.3 Å². The van der Waals surface area contributed by atoms with Crippen LogP contribution in [-0.2, 0) is 17.6 Å². The lowest BCUT2D eigenvalue weighted by Gasteiger charge is -2.18. The van der Waals surface area contributed by atoms with Gasteiger partial charge in [-0.1, -0.05) is 6.92 Å². The summed E-state index contributed by atoms with van der Waals surface area (Å²) in [7, 11) is 0. The zero-order valence-electron chi connectivity index (χ0n) is 16.0. The van der Waals surface area contributed by atoms with Gasteiger partial charge in [-0.3, -0.25) is 4.79 Å². The molecule has 3 aromatic rings. The molecule has 158 valence electrons. The normalized spacial score (nSPS) is 16.2. The number of ether oxygens (including phenoxy) is 2. The molecule has 1 amide bonds. The number of carbonyl (C=O) groups is 1. The maximum Gasteiger partial charge on any atom is 0.573 e. The highest BCUT2D eigenvalue weighted by Gasteiger charge is 2.31. The minimum atomic E-state index is -4.76. The molecule has 6 nitrogen and oxygen atoms in total. The second kappa shape index (κ2) is 8.10. The van der Waals surface area contributed by atoms with Crippen molar-refractivity contribution < 1.29 is 27.4 Å². The number of aromatic nitrogens is 2. The van der Waals surface area contributed by atoms with Crippen molar-refractivity contribution >= 4 is 33.1 Å². The van der Waals surface area contributed by atoms with Crippen LogP contribution in [0.3, 0.4) is 0 Å². The molecule has 2 aromatic heterocycles. The Kier molecular flexibility index (Phi) is 5.50. The summed E-state index contributed by atoms with van der Waals surface area (Å²) in [6.45, 7) is 1.94. The van der Waals surface area contributed by atoms with Gasteiger partial charge in [-0.2, -0.15) is 0 Å². The Morgan fingerprint density at radius 1 is 1.27 bits per heavy atom. The van der Waals surface area contributed by atoms with Gasteiger partial charge < -0.3 is 14.8 Å². The van der Waals surface area contributed by atoms with Crippen molar-refractivity contribution in [2.75, 3.05) is 11.9 Å². The zero-order chi connectivity index (χ0) is 21.3. The number of halogens is 3. The van der Waals surface area contributed by atoms with Crippen LogP contribution in [0.15, 0.2) is 30.6 Å². The zero-order valence-corrected chi connectivity index (χ0v) is 16.8. The average Bonchev–Trinajstić information content (AvgIpc) is 3.04. The van der Waals surface area contributed by atoms with E-state index in [4.69, 9.17) is 4.74 Å². The summed E-state index contributed by atoms with van der Waals surface area (Å²) in [5.41, 5.74) is 1.53. The summed E-state index contributed by atoms with van der Waals surface area (Å²) in [6.07, 6.45) is -0.328. The van der Waals surface area contributed by atoms with Gasteiger partial charge in [0.05, 0.1) is 5.39 Å². The number of nitrogens with zero attached hydrogens (tertiary/aromatic N) is 2. The molecule has 0 saturated carbocycles. The maximum absolute atomic E-state index is 12.2. The van der Waals surface area contributed by atoms with Gasteiger partial charge in [0, 0.05) is 10.6 Å². The van der Waals surface area contributed by atoms with Gasteiger partial charge in [0.15, 0.2) is 6.61 Å². The summed E-state index contributed by atoms with van der Waals surface area (Å²) < 4.78 is 46.1. The number of alkyl halides is 3. The summed E-state index contributed by atoms with van der Waals surface area (Å²) in [5.74, 6) is 0.179. The van der Waals surface area contributed by atoms with E-state index in [-0.39, 0.29) is 12.4 Å². The lowest BCUT2D eigenvalue weighted by molar-refractivity contribution is -0.274. The van der Waals surface area contributed by atoms with Crippen molar-refractivity contribution in [1.82, 2.24) is 9.97 Å². The Hall–Kier alpha value is -2.88. The van der Waals surface area contributed by atoms with Crippen LogP contribution in [0.25, 0.3) is 10.2 Å². The molecule has 1 aromatic carbocycles. The first kappa shape index (κ1) is 20.4. The van der Waals surface area contributed by atoms with Crippen molar-refractivity contribution in [3.05, 3.63) is 41.0 Å². The number of benzene rings is 1. The molecule has 10 heteroatoms. The second-order valence-corrected chi connectivity index (χ2v) is 8.20. The first-order valence-corrected chi connectivity index (χ1v) is 10.1. The third-order valence-electron chi connectivity index (χ3n) is 4.77. The third-order valence-corrected chi connectivity index (χ3v) is 5.93. The Labute approximate surface area is 174 Å². The highest BCUT2D eigenvalue weighted by Crippen LogP contribution is 2.40. The Bertz CT molecular complexity index is 1070. The van der Waals surface area contributed by atoms with Crippen LogP contribution in [0.4, 0.5) is 18.9 Å². The fraction of sp³-hybridized carbons (Fsp3) is 0.350. The number of carbonyl (C=O) groups excluding carboxylic acids is 1. The van der Waals surface area contributed by atoms with Crippen LogP contribution in [0, 0.1) is 5.92 Å². The highest BCUT2D eigenvalue weighted by atomic mass is 32.1. The highest BCUT2D eigenvalue weighted by molar-refractivity contribution is 7.18. The van der Waals surface area contributed by atoms with E-state index in [2.05, 4.69) is 26.9 Å². The molecule has 1 atom stereocenters. The molecule has 0 fully saturated rings. The first-order chi connectivity index (χ1) is 14.3. The molecule has 1 aliphatic carbocycles. The van der Waals surface area contributed by atoms with Crippen molar-refractivity contribution in [2.24, 2.45) is 5.92 Å². The molecule has 2 heterocycles. The molecule has 1 N–H and O–H groups in total. The fourth-order valence-corrected chi connectivity index (χ4v) is 4.77. The number of nitrogens with one attached hydrogen (secondary N) is 1. The predicted molar refractivity (Wildman–Crippen MR) is 106 cm³/mol. The monoisotopic (exact) mass is 437 g/mol. The van der Waals surface area contributed by atoms with E-state index >= 15 is 0 Å². The number of amides is 1. The molecule has 0 spiro atoms. The fourth-order valence-electron chi connectivity index (χ4n) is 3.43. The standard InChI is InChI=1S/C20H18F3N3O3S/c1-11-2-7-14-15(8-11)30-19-17(14)18(24-10-25-19)28-9-16(27)26-12-3-5-13(6-4-12)29-20(21,22)23/h3-6,10-11H,2,7-9H2,1H3,(H,26,27). The maximum atomic E-state index is 12.2. The number of anilines is 1. The van der Waals surface area contributed by atoms with Gasteiger partial charge in [-0.05, 0) is 55.0 Å². The van der Waals surface area contributed by atoms with Crippen LogP contribution in [-0.4, -0.2) is 28.8 Å². The molecule has 4 rings (SSSR count). The number of rotatable bonds is 5. The van der Waals surface area contributed by atoms with Gasteiger partial charge in [0.25, 0.3) is 5.91 Å². The molecule has 1 aliphatic rings. The van der Waals surface area contributed by atoms with Crippen LogP contribution in [0.2, 0.25) is 0 Å². The molecule has 0 radical (unpaired) electrons. The summed E-state index contributed by atoms with van der Waals surface area (Å²) in [5, 5.41) is 3.44. The van der Waals surface area contributed by atoms with Crippen LogP contribution < -0.4 is 14.8 Å². The van der Waals surface area contributed by atoms with Gasteiger partial charge in [-0.15, -0.1) is 24.5 Å². The van der Waals surface area contributed by atoms with E-state index in [1.54, 1.807) is 11.3 Å². The second-order valence-electron chi connectivity index (χ2n) is 7.12. The number of aryl methyl sites for hydroxylation is 1. The van der Waals surface area contributed by atoms with Crippen molar-refractivity contribution in [2.45, 2.75) is 32.5 Å². The number of hydrogen-bond acceptors (Lipinski definition) is 6. The van der Waals surface area contributed by atoms with Gasteiger partial charge in [0.2, 0.25) is 5.88 Å². The lowest BCUT2D eigenvalue weighted by Crippen LogP contribution is -2.21. The summed E-state index contributed by atoms with van der Waals surface area (Å²) >= 11 is 1.64. The minimum absolute atomic E-state index is 0.284. The van der Waals surface area contributed by atoms with Gasteiger partial charge >= 0.3 is 6.36 Å². The topological polar surface area (TPSA) is 73.3 Å². The SMILES string of the molecule is CC1CCc2c(sc3ncnc(OCC(=O)Nc4ccc(OC(F)(F)F)cc4)c23)C1. The minimum Gasteiger partial charge on any atom is -0.467 e. The average molecular weight is 437 g/mol. The van der Waals surface area contributed by atoms with E-state index in [0.717, 1.165) is 41.6 Å². The van der Waals surface area contributed by atoms with Crippen molar-refractivity contribution in [1.29, 1.82) is 0 Å². The van der Waals surface area contributed by atoms with Crippen LogP contribution in [0.5, 0.6) is 11.6 Å². The lowest BCUT2D eigenvalue weighted by atomic mass is 9.89. The van der Waals surface area contributed by atoms with E-state index in [9.17, 15) is 18.0 Å². The van der Waals surface area contributed by atoms with Gasteiger partial charge in [0.1, 0.15) is 16.9 Å². The Morgan fingerprint density at radius 2 is 2.03 bits per heavy atom. The first-order valence-electron chi connectivity index (χ1n) is 9.32. The molecule has 0 bridgehead atoms. The van der Waals surface area contributed by atoms with Crippen LogP contribution in [0.1, 0.15) is 23.8 Å². The van der Waals surface area contributed by atoms with Crippen molar-refractivity contribution in [3.63, 3.8) is 0 Å². The molecule has 0 saturated heterocycles.